The molecule has 1 aliphatic heterocycles. The largest absolute Gasteiger partial charge is 0.431 e. The van der Waals surface area contributed by atoms with Gasteiger partial charge in [0.05, 0.1) is 17.5 Å². The highest BCUT2D eigenvalue weighted by Gasteiger charge is 2.43. The van der Waals surface area contributed by atoms with Crippen LogP contribution in [0.5, 0.6) is 0 Å². The van der Waals surface area contributed by atoms with E-state index in [2.05, 4.69) is 21.9 Å². The smallest absolute Gasteiger partial charge is 0.372 e. The third-order valence-corrected chi connectivity index (χ3v) is 4.97. The number of hydrogen-bond acceptors (Lipinski definition) is 5. The van der Waals surface area contributed by atoms with E-state index in [1.165, 1.54) is 13.2 Å². The number of alkyl halides is 4. The van der Waals surface area contributed by atoms with Crippen LogP contribution in [0.15, 0.2) is 47.7 Å². The molecule has 7 nitrogen and oxygen atoms in total. The summed E-state index contributed by atoms with van der Waals surface area (Å²) in [6.07, 6.45) is 4.48. The van der Waals surface area contributed by atoms with Crippen molar-refractivity contribution < 1.29 is 39.9 Å². The second-order valence-electron chi connectivity index (χ2n) is 7.29. The molecule has 1 unspecified atom stereocenters. The fourth-order valence-corrected chi connectivity index (χ4v) is 3.42. The highest BCUT2D eigenvalue weighted by Crippen LogP contribution is 2.32. The second kappa shape index (κ2) is 11.3. The number of dihydropyridines is 1. The Kier molecular flexibility index (Phi) is 8.91. The molecule has 1 amide bonds. The zero-order valence-electron chi connectivity index (χ0n) is 18.9. The molecule has 0 aromatic heterocycles. The van der Waals surface area contributed by atoms with Gasteiger partial charge >= 0.3 is 6.18 Å². The standard InChI is InChI=1S/C23H20F5N3O4S/c1-4-16-12-15(13-18(24)21(16)31-36(3,33)34)14-29-20(32)9-7-17-6-8-19(23(26,27)28)30-22(17,25)10-5-11-35-2/h1,6-9,12-13,30-31H,11,14H2,2-3H3,(H,29,32). The summed E-state index contributed by atoms with van der Waals surface area (Å²) in [6.45, 7) is -0.498. The maximum atomic E-state index is 15.3. The lowest BCUT2D eigenvalue weighted by Crippen LogP contribution is -2.46. The molecule has 0 bridgehead atoms. The van der Waals surface area contributed by atoms with Crippen LogP contribution in [0.1, 0.15) is 11.1 Å². The Morgan fingerprint density at radius 3 is 2.58 bits per heavy atom. The van der Waals surface area contributed by atoms with Gasteiger partial charge in [0.2, 0.25) is 15.9 Å². The van der Waals surface area contributed by atoms with E-state index in [1.54, 1.807) is 5.32 Å². The Labute approximate surface area is 204 Å². The fourth-order valence-electron chi connectivity index (χ4n) is 2.84. The number of hydrogen-bond donors (Lipinski definition) is 3. The predicted octanol–water partition coefficient (Wildman–Crippen LogP) is 2.64. The molecule has 0 fully saturated rings. The summed E-state index contributed by atoms with van der Waals surface area (Å²) in [6, 6.07) is 2.23. The fraction of sp³-hybridized carbons (Fsp3) is 0.261. The van der Waals surface area contributed by atoms with Gasteiger partial charge in [-0.3, -0.25) is 9.52 Å². The van der Waals surface area contributed by atoms with Crippen molar-refractivity contribution in [2.45, 2.75) is 18.5 Å². The highest BCUT2D eigenvalue weighted by molar-refractivity contribution is 7.92. The summed E-state index contributed by atoms with van der Waals surface area (Å²) in [5.41, 5.74) is -2.10. The topological polar surface area (TPSA) is 96.5 Å². The Bertz CT molecular complexity index is 1330. The summed E-state index contributed by atoms with van der Waals surface area (Å²) in [5.74, 6) is 1.68. The molecule has 3 N–H and O–H groups in total. The number of ether oxygens (including phenoxy) is 1. The van der Waals surface area contributed by atoms with Crippen LogP contribution in [0.25, 0.3) is 0 Å². The molecule has 1 atom stereocenters. The lowest BCUT2D eigenvalue weighted by molar-refractivity contribution is -0.116. The number of benzene rings is 1. The molecule has 1 aliphatic rings. The van der Waals surface area contributed by atoms with Crippen LogP contribution < -0.4 is 15.4 Å². The Balaban J connectivity index is 2.20. The average molecular weight is 529 g/mol. The van der Waals surface area contributed by atoms with Gasteiger partial charge in [-0.15, -0.1) is 6.42 Å². The number of sulfonamides is 1. The lowest BCUT2D eigenvalue weighted by Gasteiger charge is -2.29. The zero-order chi connectivity index (χ0) is 27.1. The van der Waals surface area contributed by atoms with Gasteiger partial charge in [-0.1, -0.05) is 17.9 Å². The first-order valence-electron chi connectivity index (χ1n) is 9.87. The maximum Gasteiger partial charge on any atom is 0.431 e. The van der Waals surface area contributed by atoms with Crippen LogP contribution in [-0.4, -0.2) is 46.3 Å². The number of nitrogens with one attached hydrogen (secondary N) is 3. The number of halogens is 5. The maximum absolute atomic E-state index is 15.3. The van der Waals surface area contributed by atoms with Crippen LogP contribution in [0.2, 0.25) is 0 Å². The van der Waals surface area contributed by atoms with Gasteiger partial charge in [0.1, 0.15) is 18.1 Å². The number of anilines is 1. The molecule has 0 spiro atoms. The van der Waals surface area contributed by atoms with E-state index in [0.29, 0.717) is 6.08 Å². The zero-order valence-corrected chi connectivity index (χ0v) is 19.7. The van der Waals surface area contributed by atoms with Crippen LogP contribution in [-0.2, 0) is 26.1 Å². The predicted molar refractivity (Wildman–Crippen MR) is 123 cm³/mol. The first-order valence-corrected chi connectivity index (χ1v) is 11.8. The molecule has 1 aromatic rings. The molecular weight excluding hydrogens is 509 g/mol. The van der Waals surface area contributed by atoms with Crippen molar-refractivity contribution in [3.63, 3.8) is 0 Å². The van der Waals surface area contributed by atoms with E-state index in [1.807, 2.05) is 10.6 Å². The molecule has 0 saturated heterocycles. The van der Waals surface area contributed by atoms with Crippen molar-refractivity contribution >= 4 is 21.6 Å². The number of methoxy groups -OCH3 is 1. The number of carbonyl (C=O) groups excluding carboxylic acids is 1. The number of terminal acetylenes is 1. The normalized spacial score (nSPS) is 17.7. The van der Waals surface area contributed by atoms with Gasteiger partial charge in [0.25, 0.3) is 5.79 Å². The first kappa shape index (κ1) is 28.4. The Morgan fingerprint density at radius 2 is 2.00 bits per heavy atom. The third-order valence-electron chi connectivity index (χ3n) is 4.39. The van der Waals surface area contributed by atoms with Crippen LogP contribution >= 0.6 is 0 Å². The minimum absolute atomic E-state index is 0.109. The summed E-state index contributed by atoms with van der Waals surface area (Å²) in [4.78, 5) is 12.2. The number of amides is 1. The van der Waals surface area contributed by atoms with E-state index in [0.717, 1.165) is 30.6 Å². The van der Waals surface area contributed by atoms with Gasteiger partial charge in [0, 0.05) is 25.3 Å². The third kappa shape index (κ3) is 7.86. The van der Waals surface area contributed by atoms with Gasteiger partial charge in [-0.05, 0) is 35.8 Å². The van der Waals surface area contributed by atoms with Gasteiger partial charge in [-0.2, -0.15) is 17.6 Å². The van der Waals surface area contributed by atoms with E-state index in [-0.39, 0.29) is 29.9 Å². The number of carbonyl (C=O) groups is 1. The molecule has 1 heterocycles. The molecule has 1 aromatic carbocycles. The molecular formula is C23H20F5N3O4S. The molecule has 13 heteroatoms. The van der Waals surface area contributed by atoms with Crippen LogP contribution in [0.4, 0.5) is 27.6 Å². The minimum Gasteiger partial charge on any atom is -0.372 e. The quantitative estimate of drug-likeness (QED) is 0.219. The molecule has 0 radical (unpaired) electrons. The van der Waals surface area contributed by atoms with Gasteiger partial charge in [0.15, 0.2) is 0 Å². The van der Waals surface area contributed by atoms with E-state index >= 15 is 4.39 Å². The highest BCUT2D eigenvalue weighted by atomic mass is 32.2. The van der Waals surface area contributed by atoms with Crippen molar-refractivity contribution in [3.8, 4) is 24.2 Å². The molecule has 36 heavy (non-hydrogen) atoms. The summed E-state index contributed by atoms with van der Waals surface area (Å²) >= 11 is 0. The van der Waals surface area contributed by atoms with Crippen LogP contribution in [0.3, 0.4) is 0 Å². The lowest BCUT2D eigenvalue weighted by atomic mass is 9.99. The summed E-state index contributed by atoms with van der Waals surface area (Å²) in [5, 5.41) is 4.06. The van der Waals surface area contributed by atoms with E-state index in [4.69, 9.17) is 6.42 Å². The number of rotatable bonds is 7. The van der Waals surface area contributed by atoms with Gasteiger partial charge < -0.3 is 15.4 Å². The van der Waals surface area contributed by atoms with E-state index in [9.17, 15) is 30.8 Å². The second-order valence-corrected chi connectivity index (χ2v) is 9.04. The minimum atomic E-state index is -4.86. The van der Waals surface area contributed by atoms with Crippen molar-refractivity contribution in [1.29, 1.82) is 0 Å². The van der Waals surface area contributed by atoms with Crippen molar-refractivity contribution in [2.24, 2.45) is 0 Å². The summed E-state index contributed by atoms with van der Waals surface area (Å²) in [7, 11) is -2.54. The van der Waals surface area contributed by atoms with Crippen LogP contribution in [0, 0.1) is 30.0 Å². The SMILES string of the molecule is C#Cc1cc(CNC(=O)C=CC2=CC=C(C(F)(F)F)NC2(F)C#CCOC)cc(F)c1NS(C)(=O)=O. The first-order chi connectivity index (χ1) is 16.7. The molecule has 0 saturated carbocycles. The van der Waals surface area contributed by atoms with E-state index < -0.39 is 45.1 Å². The summed E-state index contributed by atoms with van der Waals surface area (Å²) < 4.78 is 98.1. The molecule has 0 aliphatic carbocycles. The Hall–Kier alpha value is -3.81. The Morgan fingerprint density at radius 1 is 1.31 bits per heavy atom. The monoisotopic (exact) mass is 529 g/mol. The van der Waals surface area contributed by atoms with Crippen molar-refractivity contribution in [2.75, 3.05) is 24.7 Å². The van der Waals surface area contributed by atoms with Crippen molar-refractivity contribution in [1.82, 2.24) is 10.6 Å². The molecule has 2 rings (SSSR count). The van der Waals surface area contributed by atoms with Gasteiger partial charge in [-0.25, -0.2) is 12.8 Å². The number of allylic oxidation sites excluding steroid dienone is 3. The molecule has 192 valence electrons. The van der Waals surface area contributed by atoms with Crippen molar-refractivity contribution in [3.05, 3.63) is 64.7 Å². The average Bonchev–Trinajstić information content (AvgIpc) is 2.77.